The van der Waals surface area contributed by atoms with Gasteiger partial charge in [0.1, 0.15) is 0 Å². The van der Waals surface area contributed by atoms with Crippen LogP contribution in [0.4, 0.5) is 0 Å². The topological polar surface area (TPSA) is 88.2 Å². The minimum absolute atomic E-state index is 0.0737. The van der Waals surface area contributed by atoms with Crippen molar-refractivity contribution in [1.82, 2.24) is 14.5 Å². The number of amides is 1. The van der Waals surface area contributed by atoms with Crippen molar-refractivity contribution in [3.05, 3.63) is 34.6 Å². The second-order valence-electron chi connectivity index (χ2n) is 6.62. The summed E-state index contributed by atoms with van der Waals surface area (Å²) in [7, 11) is 0. The molecule has 0 aliphatic carbocycles. The fourth-order valence-electron chi connectivity index (χ4n) is 3.25. The van der Waals surface area contributed by atoms with Crippen LogP contribution in [0.2, 0.25) is 0 Å². The molecular formula is C20H24N4O3S. The Kier molecular flexibility index (Phi) is 7.46. The van der Waals surface area contributed by atoms with Gasteiger partial charge < -0.3 is 9.64 Å². The lowest BCUT2D eigenvalue weighted by molar-refractivity contribution is -0.135. The molecule has 3 rings (SSSR count). The van der Waals surface area contributed by atoms with Crippen LogP contribution >= 0.6 is 11.8 Å². The second kappa shape index (κ2) is 10.2. The molecule has 0 spiro atoms. The van der Waals surface area contributed by atoms with Crippen LogP contribution in [-0.2, 0) is 16.1 Å². The highest BCUT2D eigenvalue weighted by Crippen LogP contribution is 2.18. The molecule has 8 heteroatoms. The number of nitriles is 1. The van der Waals surface area contributed by atoms with Crippen molar-refractivity contribution in [1.29, 1.82) is 5.26 Å². The number of ether oxygens (including phenoxy) is 1. The van der Waals surface area contributed by atoms with E-state index in [1.54, 1.807) is 10.6 Å². The predicted molar refractivity (Wildman–Crippen MR) is 108 cm³/mol. The van der Waals surface area contributed by atoms with E-state index in [4.69, 9.17) is 10.00 Å². The molecule has 2 heterocycles. The molecule has 0 saturated carbocycles. The van der Waals surface area contributed by atoms with E-state index in [0.29, 0.717) is 55.3 Å². The SMILES string of the molecule is N#CCSc1nc2ccccc2c(=O)n1CCCCCC(=O)N1CCOCC1. The zero-order valence-electron chi connectivity index (χ0n) is 15.8. The van der Waals surface area contributed by atoms with Gasteiger partial charge in [-0.05, 0) is 25.0 Å². The van der Waals surface area contributed by atoms with Crippen molar-refractivity contribution in [3.63, 3.8) is 0 Å². The number of unbranched alkanes of at least 4 members (excludes halogenated alkanes) is 2. The Balaban J connectivity index is 1.58. The number of para-hydroxylation sites is 1. The normalized spacial score (nSPS) is 14.2. The molecule has 1 saturated heterocycles. The smallest absolute Gasteiger partial charge is 0.262 e. The summed E-state index contributed by atoms with van der Waals surface area (Å²) in [6.07, 6.45) is 2.97. The van der Waals surface area contributed by atoms with E-state index in [1.165, 1.54) is 11.8 Å². The van der Waals surface area contributed by atoms with Crippen LogP contribution in [-0.4, -0.2) is 52.4 Å². The van der Waals surface area contributed by atoms with Gasteiger partial charge in [0.2, 0.25) is 5.91 Å². The van der Waals surface area contributed by atoms with Gasteiger partial charge in [-0.15, -0.1) is 0 Å². The third-order valence-electron chi connectivity index (χ3n) is 4.73. The van der Waals surface area contributed by atoms with E-state index in [-0.39, 0.29) is 17.2 Å². The van der Waals surface area contributed by atoms with Gasteiger partial charge in [0, 0.05) is 26.1 Å². The first-order valence-corrected chi connectivity index (χ1v) is 10.5. The van der Waals surface area contributed by atoms with E-state index in [1.807, 2.05) is 23.1 Å². The lowest BCUT2D eigenvalue weighted by Gasteiger charge is -2.26. The van der Waals surface area contributed by atoms with Crippen LogP contribution in [0.25, 0.3) is 10.9 Å². The summed E-state index contributed by atoms with van der Waals surface area (Å²) in [5.41, 5.74) is 0.579. The number of morpholine rings is 1. The number of nitrogens with zero attached hydrogens (tertiary/aromatic N) is 4. The molecule has 1 aromatic carbocycles. The summed E-state index contributed by atoms with van der Waals surface area (Å²) in [4.78, 5) is 31.4. The van der Waals surface area contributed by atoms with Crippen LogP contribution in [0.5, 0.6) is 0 Å². The largest absolute Gasteiger partial charge is 0.378 e. The molecule has 1 aliphatic heterocycles. The Morgan fingerprint density at radius 1 is 1.21 bits per heavy atom. The monoisotopic (exact) mass is 400 g/mol. The fourth-order valence-corrected chi connectivity index (χ4v) is 3.93. The lowest BCUT2D eigenvalue weighted by atomic mass is 10.1. The molecule has 0 radical (unpaired) electrons. The average molecular weight is 401 g/mol. The zero-order chi connectivity index (χ0) is 19.8. The Bertz CT molecular complexity index is 916. The molecule has 1 aromatic heterocycles. The summed E-state index contributed by atoms with van der Waals surface area (Å²) in [6.45, 7) is 3.13. The first-order valence-electron chi connectivity index (χ1n) is 9.55. The lowest BCUT2D eigenvalue weighted by Crippen LogP contribution is -2.40. The third-order valence-corrected chi connectivity index (χ3v) is 5.57. The minimum atomic E-state index is -0.0737. The van der Waals surface area contributed by atoms with Crippen molar-refractivity contribution in [2.24, 2.45) is 0 Å². The maximum absolute atomic E-state index is 12.8. The van der Waals surface area contributed by atoms with Gasteiger partial charge in [-0.1, -0.05) is 30.3 Å². The van der Waals surface area contributed by atoms with E-state index in [2.05, 4.69) is 11.1 Å². The van der Waals surface area contributed by atoms with Crippen LogP contribution in [0.3, 0.4) is 0 Å². The number of thioether (sulfide) groups is 1. The predicted octanol–water partition coefficient (Wildman–Crippen LogP) is 2.43. The molecule has 0 N–H and O–H groups in total. The van der Waals surface area contributed by atoms with Crippen LogP contribution in [0.1, 0.15) is 25.7 Å². The molecule has 2 aromatic rings. The summed E-state index contributed by atoms with van der Waals surface area (Å²) < 4.78 is 6.93. The number of rotatable bonds is 8. The maximum Gasteiger partial charge on any atom is 0.262 e. The van der Waals surface area contributed by atoms with Crippen molar-refractivity contribution in [3.8, 4) is 6.07 Å². The highest BCUT2D eigenvalue weighted by atomic mass is 32.2. The molecule has 0 unspecified atom stereocenters. The van der Waals surface area contributed by atoms with Crippen molar-refractivity contribution in [2.45, 2.75) is 37.4 Å². The maximum atomic E-state index is 12.8. The van der Waals surface area contributed by atoms with Gasteiger partial charge in [-0.2, -0.15) is 5.26 Å². The summed E-state index contributed by atoms with van der Waals surface area (Å²) in [5.74, 6) is 0.428. The first kappa shape index (κ1) is 20.4. The molecule has 28 heavy (non-hydrogen) atoms. The molecule has 0 bridgehead atoms. The van der Waals surface area contributed by atoms with E-state index < -0.39 is 0 Å². The van der Waals surface area contributed by atoms with E-state index >= 15 is 0 Å². The Morgan fingerprint density at radius 2 is 2.00 bits per heavy atom. The molecule has 7 nitrogen and oxygen atoms in total. The first-order chi connectivity index (χ1) is 13.7. The second-order valence-corrected chi connectivity index (χ2v) is 7.56. The fraction of sp³-hybridized carbons (Fsp3) is 0.500. The van der Waals surface area contributed by atoms with Crippen molar-refractivity contribution >= 4 is 28.6 Å². The number of benzene rings is 1. The van der Waals surface area contributed by atoms with Gasteiger partial charge in [0.15, 0.2) is 5.16 Å². The number of aromatic nitrogens is 2. The highest BCUT2D eigenvalue weighted by molar-refractivity contribution is 7.99. The van der Waals surface area contributed by atoms with Crippen LogP contribution in [0, 0.1) is 11.3 Å². The summed E-state index contributed by atoms with van der Waals surface area (Å²) in [5, 5.41) is 10.0. The number of carbonyl (C=O) groups excluding carboxylic acids is 1. The van der Waals surface area contributed by atoms with E-state index in [0.717, 1.165) is 19.3 Å². The number of hydrogen-bond acceptors (Lipinski definition) is 6. The highest BCUT2D eigenvalue weighted by Gasteiger charge is 2.16. The van der Waals surface area contributed by atoms with E-state index in [9.17, 15) is 9.59 Å². The molecule has 1 amide bonds. The zero-order valence-corrected chi connectivity index (χ0v) is 16.6. The standard InChI is InChI=1S/C20H24N4O3S/c21-9-15-28-20-22-17-7-4-3-6-16(17)19(26)24(20)10-5-1-2-8-18(25)23-11-13-27-14-12-23/h3-4,6-7H,1-2,5,8,10-15H2. The third kappa shape index (κ3) is 5.12. The minimum Gasteiger partial charge on any atom is -0.378 e. The summed E-state index contributed by atoms with van der Waals surface area (Å²) >= 11 is 1.28. The molecule has 1 aliphatic rings. The average Bonchev–Trinajstić information content (AvgIpc) is 2.74. The van der Waals surface area contributed by atoms with Gasteiger partial charge in [-0.3, -0.25) is 14.2 Å². The number of fused-ring (bicyclic) bond motifs is 1. The Labute approximate surface area is 168 Å². The van der Waals surface area contributed by atoms with Crippen molar-refractivity contribution in [2.75, 3.05) is 32.1 Å². The van der Waals surface area contributed by atoms with Gasteiger partial charge in [0.05, 0.1) is 35.9 Å². The summed E-state index contributed by atoms with van der Waals surface area (Å²) in [6, 6.07) is 9.36. The molecule has 148 valence electrons. The molecule has 0 atom stereocenters. The van der Waals surface area contributed by atoms with Gasteiger partial charge >= 0.3 is 0 Å². The Hall–Kier alpha value is -2.37. The van der Waals surface area contributed by atoms with Gasteiger partial charge in [-0.25, -0.2) is 4.98 Å². The molecule has 1 fully saturated rings. The number of carbonyl (C=O) groups is 1. The van der Waals surface area contributed by atoms with Crippen molar-refractivity contribution < 1.29 is 9.53 Å². The molecular weight excluding hydrogens is 376 g/mol. The quantitative estimate of drug-likeness (QED) is 0.384. The van der Waals surface area contributed by atoms with Crippen LogP contribution < -0.4 is 5.56 Å². The Morgan fingerprint density at radius 3 is 2.79 bits per heavy atom. The van der Waals surface area contributed by atoms with Crippen LogP contribution in [0.15, 0.2) is 34.2 Å². The number of hydrogen-bond donors (Lipinski definition) is 0. The van der Waals surface area contributed by atoms with Gasteiger partial charge in [0.25, 0.3) is 5.56 Å².